The molecule has 1 aromatic heterocycles. The number of halogens is 1. The Morgan fingerprint density at radius 1 is 1.24 bits per heavy atom. The summed E-state index contributed by atoms with van der Waals surface area (Å²) in [5.41, 5.74) is 9.73. The van der Waals surface area contributed by atoms with Crippen molar-refractivity contribution < 1.29 is 14.0 Å². The van der Waals surface area contributed by atoms with Gasteiger partial charge in [-0.2, -0.15) is 0 Å². The Morgan fingerprint density at radius 2 is 1.97 bits per heavy atom. The number of hydrogen-bond donors (Lipinski definition) is 2. The van der Waals surface area contributed by atoms with E-state index in [-0.39, 0.29) is 42.3 Å². The maximum Gasteiger partial charge on any atom is 0.332 e. The topological polar surface area (TPSA) is 138 Å². The molecule has 3 rings (SSSR count). The maximum absolute atomic E-state index is 14.4. The number of hydrogen-bond acceptors (Lipinski definition) is 6. The van der Waals surface area contributed by atoms with Crippen LogP contribution in [0.3, 0.4) is 0 Å². The van der Waals surface area contributed by atoms with Gasteiger partial charge in [0, 0.05) is 12.1 Å². The summed E-state index contributed by atoms with van der Waals surface area (Å²) in [5.74, 6) is -2.29. The van der Waals surface area contributed by atoms with Gasteiger partial charge in [0.2, 0.25) is 5.91 Å². The number of Topliss-reactive ketones (excluding diaryl/α,β-unsaturated/α-hetero) is 1. The fourth-order valence-electron chi connectivity index (χ4n) is 4.08. The fourth-order valence-corrected chi connectivity index (χ4v) is 4.08. The third kappa shape index (κ3) is 4.70. The molecule has 11 heteroatoms. The SMILES string of the molecule is [C-]#[N+]c1ccc(Cn2c(N)c(C(=O)CN3CCCC[C@@H]3C(N)=O)c(=O)n(CC)c2=O)c(F)c1. The summed E-state index contributed by atoms with van der Waals surface area (Å²) in [6.07, 6.45) is 2.08. The van der Waals surface area contributed by atoms with E-state index in [2.05, 4.69) is 4.85 Å². The van der Waals surface area contributed by atoms with Gasteiger partial charge in [-0.15, -0.1) is 0 Å². The van der Waals surface area contributed by atoms with Crippen molar-refractivity contribution in [3.8, 4) is 0 Å². The van der Waals surface area contributed by atoms with E-state index >= 15 is 0 Å². The van der Waals surface area contributed by atoms with Crippen LogP contribution in [-0.4, -0.2) is 44.9 Å². The predicted molar refractivity (Wildman–Crippen MR) is 120 cm³/mol. The molecule has 0 radical (unpaired) electrons. The minimum absolute atomic E-state index is 0.0228. The zero-order valence-corrected chi connectivity index (χ0v) is 18.2. The van der Waals surface area contributed by atoms with Crippen molar-refractivity contribution in [2.45, 2.75) is 45.3 Å². The molecule has 1 amide bonds. The highest BCUT2D eigenvalue weighted by atomic mass is 19.1. The smallest absolute Gasteiger partial charge is 0.332 e. The first kappa shape index (κ1) is 23.9. The normalized spacial score (nSPS) is 16.3. The lowest BCUT2D eigenvalue weighted by molar-refractivity contribution is -0.124. The average molecular weight is 456 g/mol. The average Bonchev–Trinajstić information content (AvgIpc) is 2.78. The molecule has 1 atom stereocenters. The van der Waals surface area contributed by atoms with Crippen molar-refractivity contribution >= 4 is 23.2 Å². The molecule has 2 heterocycles. The van der Waals surface area contributed by atoms with E-state index in [0.717, 1.165) is 28.0 Å². The molecule has 1 saturated heterocycles. The van der Waals surface area contributed by atoms with Gasteiger partial charge in [0.25, 0.3) is 5.56 Å². The summed E-state index contributed by atoms with van der Waals surface area (Å²) in [7, 11) is 0. The van der Waals surface area contributed by atoms with Gasteiger partial charge in [-0.25, -0.2) is 14.0 Å². The lowest BCUT2D eigenvalue weighted by atomic mass is 10.0. The van der Waals surface area contributed by atoms with Crippen molar-refractivity contribution in [3.63, 3.8) is 0 Å². The van der Waals surface area contributed by atoms with E-state index in [4.69, 9.17) is 18.0 Å². The van der Waals surface area contributed by atoms with Gasteiger partial charge >= 0.3 is 5.69 Å². The van der Waals surface area contributed by atoms with Crippen molar-refractivity contribution in [2.24, 2.45) is 5.73 Å². The molecule has 2 aromatic rings. The molecular formula is C22H25FN6O4. The number of carbonyl (C=O) groups excluding carboxylic acids is 2. The van der Waals surface area contributed by atoms with E-state index < -0.39 is 34.8 Å². The lowest BCUT2D eigenvalue weighted by Crippen LogP contribution is -2.51. The largest absolute Gasteiger partial charge is 0.384 e. The molecule has 0 bridgehead atoms. The first-order chi connectivity index (χ1) is 15.7. The van der Waals surface area contributed by atoms with Crippen molar-refractivity contribution in [2.75, 3.05) is 18.8 Å². The molecule has 1 aliphatic heterocycles. The van der Waals surface area contributed by atoms with Gasteiger partial charge in [0.1, 0.15) is 17.2 Å². The third-order valence-corrected chi connectivity index (χ3v) is 5.85. The molecule has 174 valence electrons. The van der Waals surface area contributed by atoms with Gasteiger partial charge in [0.15, 0.2) is 11.5 Å². The number of nitrogen functional groups attached to an aromatic ring is 1. The minimum atomic E-state index is -0.835. The van der Waals surface area contributed by atoms with Crippen LogP contribution < -0.4 is 22.7 Å². The lowest BCUT2D eigenvalue weighted by Gasteiger charge is -2.33. The Balaban J connectivity index is 2.05. The molecule has 0 aliphatic carbocycles. The van der Waals surface area contributed by atoms with Crippen molar-refractivity contribution in [1.82, 2.24) is 14.0 Å². The molecule has 33 heavy (non-hydrogen) atoms. The molecule has 1 aliphatic rings. The Hall–Kier alpha value is -3.78. The number of ketones is 1. The number of amides is 1. The third-order valence-electron chi connectivity index (χ3n) is 5.85. The van der Waals surface area contributed by atoms with Crippen molar-refractivity contribution in [3.05, 3.63) is 67.4 Å². The van der Waals surface area contributed by atoms with Gasteiger partial charge in [0.05, 0.1) is 25.7 Å². The maximum atomic E-state index is 14.4. The number of carbonyl (C=O) groups is 2. The minimum Gasteiger partial charge on any atom is -0.384 e. The Labute approximate surface area is 189 Å². The molecular weight excluding hydrogens is 431 g/mol. The van der Waals surface area contributed by atoms with Crippen LogP contribution in [0.15, 0.2) is 27.8 Å². The van der Waals surface area contributed by atoms with Gasteiger partial charge < -0.3 is 11.5 Å². The van der Waals surface area contributed by atoms with Crippen LogP contribution in [0.5, 0.6) is 0 Å². The van der Waals surface area contributed by atoms with Crippen LogP contribution in [0.25, 0.3) is 4.85 Å². The number of nitrogens with two attached hydrogens (primary N) is 2. The molecule has 4 N–H and O–H groups in total. The highest BCUT2D eigenvalue weighted by Gasteiger charge is 2.31. The van der Waals surface area contributed by atoms with Crippen LogP contribution >= 0.6 is 0 Å². The Bertz CT molecular complexity index is 1260. The number of anilines is 1. The number of nitrogens with zero attached hydrogens (tertiary/aromatic N) is 4. The zero-order valence-electron chi connectivity index (χ0n) is 18.2. The highest BCUT2D eigenvalue weighted by molar-refractivity contribution is 6.01. The Morgan fingerprint density at radius 3 is 2.58 bits per heavy atom. The highest BCUT2D eigenvalue weighted by Crippen LogP contribution is 2.20. The number of rotatable bonds is 7. The second-order valence-electron chi connectivity index (χ2n) is 7.87. The Kier molecular flexibility index (Phi) is 7.08. The second-order valence-corrected chi connectivity index (χ2v) is 7.87. The van der Waals surface area contributed by atoms with E-state index in [1.165, 1.54) is 12.1 Å². The van der Waals surface area contributed by atoms with Crippen LogP contribution in [0.1, 0.15) is 42.1 Å². The van der Waals surface area contributed by atoms with Crippen LogP contribution in [0.4, 0.5) is 15.9 Å². The van der Waals surface area contributed by atoms with Crippen molar-refractivity contribution in [1.29, 1.82) is 0 Å². The molecule has 0 unspecified atom stereocenters. The summed E-state index contributed by atoms with van der Waals surface area (Å²) in [6.45, 7) is 8.38. The van der Waals surface area contributed by atoms with Crippen LogP contribution in [0.2, 0.25) is 0 Å². The summed E-state index contributed by atoms with van der Waals surface area (Å²) < 4.78 is 16.3. The quantitative estimate of drug-likeness (QED) is 0.468. The number of primary amides is 1. The molecule has 1 aromatic carbocycles. The van der Waals surface area contributed by atoms with Gasteiger partial charge in [-0.3, -0.25) is 28.4 Å². The number of likely N-dealkylation sites (tertiary alicyclic amines) is 1. The number of piperidine rings is 1. The summed E-state index contributed by atoms with van der Waals surface area (Å²) in [6, 6.07) is 3.15. The number of benzene rings is 1. The molecule has 1 fully saturated rings. The summed E-state index contributed by atoms with van der Waals surface area (Å²) in [5, 5.41) is 0. The van der Waals surface area contributed by atoms with E-state index in [1.807, 2.05) is 0 Å². The summed E-state index contributed by atoms with van der Waals surface area (Å²) in [4.78, 5) is 55.5. The van der Waals surface area contributed by atoms with Gasteiger partial charge in [-0.05, 0) is 32.4 Å². The second kappa shape index (κ2) is 9.79. The van der Waals surface area contributed by atoms with E-state index in [1.54, 1.807) is 11.8 Å². The van der Waals surface area contributed by atoms with Crippen LogP contribution in [-0.2, 0) is 17.9 Å². The van der Waals surface area contributed by atoms with E-state index in [0.29, 0.717) is 13.0 Å². The summed E-state index contributed by atoms with van der Waals surface area (Å²) >= 11 is 0. The molecule has 0 spiro atoms. The molecule has 10 nitrogen and oxygen atoms in total. The monoisotopic (exact) mass is 456 g/mol. The standard InChI is InChI=1S/C22H25FN6O4/c1-3-28-21(32)18(17(30)12-27-9-5-4-6-16(27)20(25)31)19(24)29(22(28)33)11-13-7-8-14(26-2)10-15(13)23/h7-8,10,16H,3-6,9,11-12,24H2,1H3,(H2,25,31)/t16-/m1/s1. The first-order valence-corrected chi connectivity index (χ1v) is 10.5. The fraction of sp³-hybridized carbons (Fsp3) is 0.409. The first-order valence-electron chi connectivity index (χ1n) is 10.5. The zero-order chi connectivity index (χ0) is 24.3. The number of aromatic nitrogens is 2. The van der Waals surface area contributed by atoms with Crippen LogP contribution in [0, 0.1) is 12.4 Å². The molecule has 0 saturated carbocycles. The predicted octanol–water partition coefficient (Wildman–Crippen LogP) is 0.873. The van der Waals surface area contributed by atoms with E-state index in [9.17, 15) is 23.6 Å². The van der Waals surface area contributed by atoms with Gasteiger partial charge in [-0.1, -0.05) is 18.6 Å².